The third kappa shape index (κ3) is 4.13. The number of hydrogen-bond acceptors (Lipinski definition) is 6. The van der Waals surface area contributed by atoms with Crippen LogP contribution in [0, 0.1) is 0 Å². The van der Waals surface area contributed by atoms with Crippen LogP contribution in [-0.4, -0.2) is 54.5 Å². The number of carbonyl (C=O) groups excluding carboxylic acids is 1. The molecule has 2 rings (SSSR count). The molecule has 1 saturated heterocycles. The second-order valence-corrected chi connectivity index (χ2v) is 6.55. The topological polar surface area (TPSA) is 68.0 Å². The van der Waals surface area contributed by atoms with E-state index >= 15 is 0 Å². The van der Waals surface area contributed by atoms with E-state index in [1.807, 2.05) is 26.8 Å². The zero-order valence-corrected chi connectivity index (χ0v) is 14.0. The third-order valence-corrected chi connectivity index (χ3v) is 3.41. The summed E-state index contributed by atoms with van der Waals surface area (Å²) in [6.07, 6.45) is -0.265. The van der Waals surface area contributed by atoms with Crippen molar-refractivity contribution < 1.29 is 18.8 Å². The van der Waals surface area contributed by atoms with Crippen molar-refractivity contribution >= 4 is 11.9 Å². The first-order valence-electron chi connectivity index (χ1n) is 7.49. The lowest BCUT2D eigenvalue weighted by molar-refractivity contribution is 0.0218. The highest BCUT2D eigenvalue weighted by Gasteiger charge is 2.31. The quantitative estimate of drug-likeness (QED) is 0.853. The first-order chi connectivity index (χ1) is 10.3. The molecule has 2 heterocycles. The van der Waals surface area contributed by atoms with Gasteiger partial charge in [-0.1, -0.05) is 5.16 Å². The maximum absolute atomic E-state index is 12.1. The van der Waals surface area contributed by atoms with E-state index in [0.29, 0.717) is 32.0 Å². The van der Waals surface area contributed by atoms with E-state index in [9.17, 15) is 4.79 Å². The van der Waals surface area contributed by atoms with Crippen LogP contribution in [0.25, 0.3) is 0 Å². The fraction of sp³-hybridized carbons (Fsp3) is 0.733. The Morgan fingerprint density at radius 1 is 1.45 bits per heavy atom. The van der Waals surface area contributed by atoms with Gasteiger partial charge in [0, 0.05) is 38.9 Å². The van der Waals surface area contributed by atoms with Crippen LogP contribution in [0.1, 0.15) is 33.5 Å². The van der Waals surface area contributed by atoms with E-state index in [4.69, 9.17) is 14.0 Å². The van der Waals surface area contributed by atoms with Crippen LogP contribution in [0.3, 0.4) is 0 Å². The zero-order chi connectivity index (χ0) is 16.3. The molecule has 22 heavy (non-hydrogen) atoms. The molecular formula is C15H25N3O4. The van der Waals surface area contributed by atoms with Crippen LogP contribution in [0.4, 0.5) is 10.6 Å². The molecule has 1 atom stereocenters. The maximum atomic E-state index is 12.1. The highest BCUT2D eigenvalue weighted by atomic mass is 16.6. The Morgan fingerprint density at radius 2 is 2.18 bits per heavy atom. The van der Waals surface area contributed by atoms with Gasteiger partial charge in [-0.2, -0.15) is 0 Å². The van der Waals surface area contributed by atoms with Crippen LogP contribution in [0.2, 0.25) is 0 Å². The predicted molar refractivity (Wildman–Crippen MR) is 81.8 cm³/mol. The summed E-state index contributed by atoms with van der Waals surface area (Å²) in [6.45, 7) is 9.97. The van der Waals surface area contributed by atoms with Crippen molar-refractivity contribution in [2.24, 2.45) is 0 Å². The Balaban J connectivity index is 1.96. The molecule has 1 aliphatic rings. The Kier molecular flexibility index (Phi) is 4.95. The molecule has 1 fully saturated rings. The van der Waals surface area contributed by atoms with Crippen LogP contribution in [-0.2, 0) is 16.1 Å². The predicted octanol–water partition coefficient (Wildman–Crippen LogP) is 2.27. The highest BCUT2D eigenvalue weighted by molar-refractivity contribution is 5.68. The summed E-state index contributed by atoms with van der Waals surface area (Å²) in [7, 11) is 1.62. The Hall–Kier alpha value is -1.76. The molecule has 0 bridgehead atoms. The SMILES string of the molecule is COCc1cc(N2CCN(C(=O)OC(C)(C)C)C[C@H]2C)no1. The molecule has 0 radical (unpaired) electrons. The molecule has 0 aromatic carbocycles. The van der Waals surface area contributed by atoms with E-state index in [1.54, 1.807) is 12.0 Å². The molecule has 0 unspecified atom stereocenters. The molecule has 7 nitrogen and oxygen atoms in total. The standard InChI is InChI=1S/C15H25N3O4/c1-11-9-17(14(19)21-15(2,3)4)6-7-18(11)13-8-12(10-20-5)22-16-13/h8,11H,6-7,9-10H2,1-5H3/t11-/m1/s1. The lowest BCUT2D eigenvalue weighted by atomic mass is 10.2. The average molecular weight is 311 g/mol. The smallest absolute Gasteiger partial charge is 0.410 e. The number of amides is 1. The van der Waals surface area contributed by atoms with Gasteiger partial charge in [0.25, 0.3) is 0 Å². The van der Waals surface area contributed by atoms with Crippen molar-refractivity contribution in [1.29, 1.82) is 0 Å². The van der Waals surface area contributed by atoms with Crippen molar-refractivity contribution in [1.82, 2.24) is 10.1 Å². The van der Waals surface area contributed by atoms with E-state index in [2.05, 4.69) is 17.0 Å². The van der Waals surface area contributed by atoms with Gasteiger partial charge in [0.2, 0.25) is 0 Å². The molecule has 0 N–H and O–H groups in total. The van der Waals surface area contributed by atoms with E-state index in [-0.39, 0.29) is 12.1 Å². The summed E-state index contributed by atoms with van der Waals surface area (Å²) in [6, 6.07) is 2.02. The average Bonchev–Trinajstić information content (AvgIpc) is 2.85. The van der Waals surface area contributed by atoms with E-state index < -0.39 is 5.60 Å². The zero-order valence-electron chi connectivity index (χ0n) is 14.0. The Bertz CT molecular complexity index is 509. The van der Waals surface area contributed by atoms with Crippen LogP contribution in [0.5, 0.6) is 0 Å². The summed E-state index contributed by atoms with van der Waals surface area (Å²) >= 11 is 0. The molecule has 7 heteroatoms. The minimum atomic E-state index is -0.474. The summed E-state index contributed by atoms with van der Waals surface area (Å²) < 4.78 is 15.7. The minimum absolute atomic E-state index is 0.141. The molecule has 124 valence electrons. The minimum Gasteiger partial charge on any atom is -0.444 e. The number of anilines is 1. The number of nitrogens with zero attached hydrogens (tertiary/aromatic N) is 3. The molecule has 1 aromatic rings. The van der Waals surface area contributed by atoms with Gasteiger partial charge in [0.1, 0.15) is 12.2 Å². The van der Waals surface area contributed by atoms with Gasteiger partial charge in [-0.05, 0) is 27.7 Å². The maximum Gasteiger partial charge on any atom is 0.410 e. The van der Waals surface area contributed by atoms with Crippen LogP contribution >= 0.6 is 0 Å². The number of carbonyl (C=O) groups is 1. The first kappa shape index (κ1) is 16.6. The molecule has 0 aliphatic carbocycles. The number of rotatable bonds is 3. The first-order valence-corrected chi connectivity index (χ1v) is 7.49. The normalized spacial score (nSPS) is 19.4. The van der Waals surface area contributed by atoms with Crippen molar-refractivity contribution in [3.63, 3.8) is 0 Å². The van der Waals surface area contributed by atoms with Gasteiger partial charge < -0.3 is 23.8 Å². The Morgan fingerprint density at radius 3 is 2.77 bits per heavy atom. The van der Waals surface area contributed by atoms with Crippen molar-refractivity contribution in [2.75, 3.05) is 31.6 Å². The highest BCUT2D eigenvalue weighted by Crippen LogP contribution is 2.22. The summed E-state index contributed by atoms with van der Waals surface area (Å²) in [5.41, 5.74) is -0.474. The van der Waals surface area contributed by atoms with Crippen molar-refractivity contribution in [3.8, 4) is 0 Å². The lowest BCUT2D eigenvalue weighted by Crippen LogP contribution is -2.54. The van der Waals surface area contributed by atoms with E-state index in [1.165, 1.54) is 0 Å². The number of methoxy groups -OCH3 is 1. The van der Waals surface area contributed by atoms with Gasteiger partial charge in [0.15, 0.2) is 11.6 Å². The van der Waals surface area contributed by atoms with Crippen molar-refractivity contribution in [3.05, 3.63) is 11.8 Å². The molecule has 1 aliphatic heterocycles. The molecule has 0 saturated carbocycles. The largest absolute Gasteiger partial charge is 0.444 e. The Labute approximate surface area is 131 Å². The number of ether oxygens (including phenoxy) is 2. The summed E-state index contributed by atoms with van der Waals surface area (Å²) in [5.74, 6) is 1.47. The molecule has 1 amide bonds. The number of hydrogen-bond donors (Lipinski definition) is 0. The third-order valence-electron chi connectivity index (χ3n) is 3.41. The molecule has 1 aromatic heterocycles. The monoisotopic (exact) mass is 311 g/mol. The van der Waals surface area contributed by atoms with Crippen LogP contribution < -0.4 is 4.90 Å². The second-order valence-electron chi connectivity index (χ2n) is 6.55. The lowest BCUT2D eigenvalue weighted by Gasteiger charge is -2.40. The fourth-order valence-electron chi connectivity index (χ4n) is 2.44. The van der Waals surface area contributed by atoms with Gasteiger partial charge >= 0.3 is 6.09 Å². The second kappa shape index (κ2) is 6.56. The summed E-state index contributed by atoms with van der Waals surface area (Å²) in [4.78, 5) is 16.0. The number of aromatic nitrogens is 1. The fourth-order valence-corrected chi connectivity index (χ4v) is 2.44. The molecule has 0 spiro atoms. The van der Waals surface area contributed by atoms with E-state index in [0.717, 1.165) is 5.82 Å². The van der Waals surface area contributed by atoms with Crippen LogP contribution in [0.15, 0.2) is 10.6 Å². The van der Waals surface area contributed by atoms with Gasteiger partial charge in [0.05, 0.1) is 0 Å². The van der Waals surface area contributed by atoms with Gasteiger partial charge in [-0.15, -0.1) is 0 Å². The molecular weight excluding hydrogens is 286 g/mol. The van der Waals surface area contributed by atoms with Crippen molar-refractivity contribution in [2.45, 2.75) is 45.9 Å². The number of piperazine rings is 1. The van der Waals surface area contributed by atoms with Gasteiger partial charge in [-0.25, -0.2) is 4.79 Å². The van der Waals surface area contributed by atoms with Gasteiger partial charge in [-0.3, -0.25) is 0 Å². The summed E-state index contributed by atoms with van der Waals surface area (Å²) in [5, 5.41) is 4.07.